The van der Waals surface area contributed by atoms with Crippen LogP contribution in [0.2, 0.25) is 5.02 Å². The molecule has 0 saturated carbocycles. The third-order valence-corrected chi connectivity index (χ3v) is 5.41. The maximum absolute atomic E-state index is 9.64. The molecule has 0 aliphatic carbocycles. The molecule has 5 heteroatoms. The average Bonchev–Trinajstić information content (AvgIpc) is 2.73. The molecule has 0 aliphatic rings. The average molecular weight is 483 g/mol. The summed E-state index contributed by atoms with van der Waals surface area (Å²) in [6, 6.07) is 21.5. The first kappa shape index (κ1) is 22.0. The number of benzene rings is 3. The predicted octanol–water partition coefficient (Wildman–Crippen LogP) is 7.45. The molecule has 0 bridgehead atoms. The third-order valence-electron chi connectivity index (χ3n) is 4.46. The van der Waals surface area contributed by atoms with Gasteiger partial charge in [-0.05, 0) is 65.2 Å². The Kier molecular flexibility index (Phi) is 7.57. The Hall–Kier alpha value is -2.74. The van der Waals surface area contributed by atoms with Crippen LogP contribution in [0, 0.1) is 18.3 Å². The molecule has 30 heavy (non-hydrogen) atoms. The van der Waals surface area contributed by atoms with E-state index in [-0.39, 0.29) is 0 Å². The van der Waals surface area contributed by atoms with Gasteiger partial charge in [0.25, 0.3) is 0 Å². The van der Waals surface area contributed by atoms with E-state index in [1.165, 1.54) is 0 Å². The summed E-state index contributed by atoms with van der Waals surface area (Å²) in [4.78, 5) is 0. The van der Waals surface area contributed by atoms with Crippen LogP contribution in [0.15, 0.2) is 65.1 Å². The van der Waals surface area contributed by atoms with Gasteiger partial charge in [-0.2, -0.15) is 5.26 Å². The van der Waals surface area contributed by atoms with Crippen molar-refractivity contribution >= 4 is 39.2 Å². The second kappa shape index (κ2) is 10.3. The Morgan fingerprint density at radius 1 is 1.10 bits per heavy atom. The van der Waals surface area contributed by atoms with Crippen molar-refractivity contribution in [2.24, 2.45) is 0 Å². The molecular weight excluding hydrogens is 462 g/mol. The highest BCUT2D eigenvalue weighted by Gasteiger charge is 2.13. The smallest absolute Gasteiger partial charge is 0.175 e. The van der Waals surface area contributed by atoms with Crippen LogP contribution in [0.1, 0.15) is 29.2 Å². The van der Waals surface area contributed by atoms with Crippen LogP contribution in [0.5, 0.6) is 11.5 Å². The van der Waals surface area contributed by atoms with E-state index < -0.39 is 0 Å². The lowest BCUT2D eigenvalue weighted by Crippen LogP contribution is -2.01. The minimum Gasteiger partial charge on any atom is -0.490 e. The standard InChI is InChI=1S/C25H21BrClNO2/c1-3-29-24-14-18(12-21(15-28)19-10-8-17(2)9-11-19)13-22(26)25(24)30-16-20-6-4-5-7-23(20)27/h4-14H,3,16H2,1-2H3/b21-12-. The molecule has 152 valence electrons. The second-order valence-electron chi connectivity index (χ2n) is 6.68. The summed E-state index contributed by atoms with van der Waals surface area (Å²) in [7, 11) is 0. The van der Waals surface area contributed by atoms with Crippen molar-refractivity contribution in [1.29, 1.82) is 5.26 Å². The fourth-order valence-electron chi connectivity index (χ4n) is 2.92. The van der Waals surface area contributed by atoms with E-state index in [2.05, 4.69) is 22.0 Å². The van der Waals surface area contributed by atoms with E-state index in [9.17, 15) is 5.26 Å². The number of hydrogen-bond donors (Lipinski definition) is 0. The van der Waals surface area contributed by atoms with Gasteiger partial charge in [-0.3, -0.25) is 0 Å². The molecule has 3 rings (SSSR count). The summed E-state index contributed by atoms with van der Waals surface area (Å²) < 4.78 is 12.6. The number of nitriles is 1. The Morgan fingerprint density at radius 3 is 2.50 bits per heavy atom. The van der Waals surface area contributed by atoms with Crippen molar-refractivity contribution in [3.05, 3.63) is 92.4 Å². The number of nitrogens with zero attached hydrogens (tertiary/aromatic N) is 1. The number of allylic oxidation sites excluding steroid dienone is 1. The molecule has 0 unspecified atom stereocenters. The summed E-state index contributed by atoms with van der Waals surface area (Å²) in [6.45, 7) is 4.75. The van der Waals surface area contributed by atoms with E-state index in [4.69, 9.17) is 21.1 Å². The van der Waals surface area contributed by atoms with Crippen LogP contribution >= 0.6 is 27.5 Å². The fraction of sp³-hybridized carbons (Fsp3) is 0.160. The number of hydrogen-bond acceptors (Lipinski definition) is 3. The summed E-state index contributed by atoms with van der Waals surface area (Å²) in [5, 5.41) is 10.3. The minimum atomic E-state index is 0.320. The molecule has 0 saturated heterocycles. The van der Waals surface area contributed by atoms with Crippen molar-refractivity contribution in [3.8, 4) is 17.6 Å². The summed E-state index contributed by atoms with van der Waals surface area (Å²) >= 11 is 9.82. The van der Waals surface area contributed by atoms with Crippen molar-refractivity contribution in [3.63, 3.8) is 0 Å². The summed E-state index contributed by atoms with van der Waals surface area (Å²) in [6.07, 6.45) is 1.84. The van der Waals surface area contributed by atoms with E-state index >= 15 is 0 Å². The molecule has 0 heterocycles. The van der Waals surface area contributed by atoms with Gasteiger partial charge in [-0.1, -0.05) is 59.6 Å². The zero-order chi connectivity index (χ0) is 21.5. The van der Waals surface area contributed by atoms with Gasteiger partial charge in [0, 0.05) is 10.6 Å². The van der Waals surface area contributed by atoms with Gasteiger partial charge in [0.1, 0.15) is 6.61 Å². The SMILES string of the molecule is CCOc1cc(/C=C(/C#N)c2ccc(C)cc2)cc(Br)c1OCc1ccccc1Cl. The van der Waals surface area contributed by atoms with Crippen LogP contribution < -0.4 is 9.47 Å². The zero-order valence-electron chi connectivity index (χ0n) is 16.8. The summed E-state index contributed by atoms with van der Waals surface area (Å²) in [5.41, 5.74) is 4.33. The van der Waals surface area contributed by atoms with Crippen molar-refractivity contribution in [2.45, 2.75) is 20.5 Å². The highest BCUT2D eigenvalue weighted by atomic mass is 79.9. The molecule has 0 amide bonds. The quantitative estimate of drug-likeness (QED) is 0.259. The molecule has 0 atom stereocenters. The van der Waals surface area contributed by atoms with Gasteiger partial charge in [-0.15, -0.1) is 0 Å². The highest BCUT2D eigenvalue weighted by molar-refractivity contribution is 9.10. The van der Waals surface area contributed by atoms with Crippen LogP contribution in [0.4, 0.5) is 0 Å². The first-order valence-corrected chi connectivity index (χ1v) is 10.7. The molecule has 3 aromatic rings. The Balaban J connectivity index is 1.93. The van der Waals surface area contributed by atoms with E-state index in [1.807, 2.05) is 80.6 Å². The number of rotatable bonds is 7. The third kappa shape index (κ3) is 5.44. The van der Waals surface area contributed by atoms with Crippen LogP contribution in [0.25, 0.3) is 11.6 Å². The van der Waals surface area contributed by atoms with Crippen LogP contribution in [0.3, 0.4) is 0 Å². The first-order valence-electron chi connectivity index (χ1n) is 9.53. The normalized spacial score (nSPS) is 11.1. The van der Waals surface area contributed by atoms with Crippen molar-refractivity contribution in [1.82, 2.24) is 0 Å². The lowest BCUT2D eigenvalue weighted by atomic mass is 10.0. The number of ether oxygens (including phenoxy) is 2. The maximum atomic E-state index is 9.64. The molecule has 0 aliphatic heterocycles. The van der Waals surface area contributed by atoms with Crippen LogP contribution in [-0.4, -0.2) is 6.61 Å². The maximum Gasteiger partial charge on any atom is 0.175 e. The van der Waals surface area contributed by atoms with Gasteiger partial charge in [0.05, 0.1) is 22.7 Å². The molecule has 0 N–H and O–H groups in total. The van der Waals surface area contributed by atoms with Gasteiger partial charge < -0.3 is 9.47 Å². The second-order valence-corrected chi connectivity index (χ2v) is 7.94. The van der Waals surface area contributed by atoms with E-state index in [0.717, 1.165) is 26.7 Å². The van der Waals surface area contributed by atoms with Gasteiger partial charge >= 0.3 is 0 Å². The minimum absolute atomic E-state index is 0.320. The molecular formula is C25H21BrClNO2. The molecule has 3 nitrogen and oxygen atoms in total. The van der Waals surface area contributed by atoms with E-state index in [1.54, 1.807) is 0 Å². The van der Waals surface area contributed by atoms with Gasteiger partial charge in [0.15, 0.2) is 11.5 Å². The predicted molar refractivity (Wildman–Crippen MR) is 126 cm³/mol. The number of halogens is 2. The summed E-state index contributed by atoms with van der Waals surface area (Å²) in [5.74, 6) is 1.20. The lowest BCUT2D eigenvalue weighted by molar-refractivity contribution is 0.267. The van der Waals surface area contributed by atoms with Gasteiger partial charge in [-0.25, -0.2) is 0 Å². The molecule has 0 radical (unpaired) electrons. The van der Waals surface area contributed by atoms with E-state index in [0.29, 0.717) is 35.3 Å². The number of aryl methyl sites for hydroxylation is 1. The topological polar surface area (TPSA) is 42.2 Å². The largest absolute Gasteiger partial charge is 0.490 e. The Labute approximate surface area is 190 Å². The molecule has 0 aromatic heterocycles. The lowest BCUT2D eigenvalue weighted by Gasteiger charge is -2.15. The van der Waals surface area contributed by atoms with Gasteiger partial charge in [0.2, 0.25) is 0 Å². The monoisotopic (exact) mass is 481 g/mol. The van der Waals surface area contributed by atoms with Crippen LogP contribution in [-0.2, 0) is 6.61 Å². The van der Waals surface area contributed by atoms with Crippen molar-refractivity contribution in [2.75, 3.05) is 6.61 Å². The fourth-order valence-corrected chi connectivity index (χ4v) is 3.68. The van der Waals surface area contributed by atoms with Crippen molar-refractivity contribution < 1.29 is 9.47 Å². The highest BCUT2D eigenvalue weighted by Crippen LogP contribution is 2.38. The Bertz CT molecular complexity index is 1100. The molecule has 3 aromatic carbocycles. The molecule has 0 spiro atoms. The first-order chi connectivity index (χ1) is 14.5. The Morgan fingerprint density at radius 2 is 1.83 bits per heavy atom. The zero-order valence-corrected chi connectivity index (χ0v) is 19.1. The molecule has 0 fully saturated rings.